The average Bonchev–Trinajstić information content (AvgIpc) is 2.24. The summed E-state index contributed by atoms with van der Waals surface area (Å²) < 4.78 is 0. The Balaban J connectivity index is 1.87. The lowest BCUT2D eigenvalue weighted by Gasteiger charge is -2.29. The number of hydrogen-bond acceptors (Lipinski definition) is 1. The van der Waals surface area contributed by atoms with Gasteiger partial charge in [-0.2, -0.15) is 0 Å². The Labute approximate surface area is 103 Å². The van der Waals surface area contributed by atoms with Crippen LogP contribution in [0.25, 0.3) is 0 Å². The first kappa shape index (κ1) is 11.9. The quantitative estimate of drug-likeness (QED) is 0.824. The topological polar surface area (TPSA) is 12.0 Å². The van der Waals surface area contributed by atoms with Gasteiger partial charge >= 0.3 is 0 Å². The maximum absolute atomic E-state index is 5.88. The van der Waals surface area contributed by atoms with E-state index >= 15 is 0 Å². The summed E-state index contributed by atoms with van der Waals surface area (Å²) in [6, 6.07) is 8.84. The van der Waals surface area contributed by atoms with Gasteiger partial charge in [0.25, 0.3) is 0 Å². The van der Waals surface area contributed by atoms with Crippen molar-refractivity contribution in [3.63, 3.8) is 0 Å². The molecule has 1 fully saturated rings. The summed E-state index contributed by atoms with van der Waals surface area (Å²) in [5.74, 6) is 0.963. The van der Waals surface area contributed by atoms with Crippen LogP contribution in [0.1, 0.15) is 31.2 Å². The molecule has 0 heterocycles. The highest BCUT2D eigenvalue weighted by atomic mass is 35.5. The van der Waals surface area contributed by atoms with E-state index in [4.69, 9.17) is 11.6 Å². The number of nitrogens with one attached hydrogen (secondary N) is 1. The molecule has 1 atom stereocenters. The van der Waals surface area contributed by atoms with Crippen LogP contribution in [0.2, 0.25) is 5.02 Å². The Hall–Kier alpha value is -0.530. The first-order chi connectivity index (χ1) is 7.78. The highest BCUT2D eigenvalue weighted by Gasteiger charge is 2.21. The van der Waals surface area contributed by atoms with Crippen molar-refractivity contribution >= 4 is 11.6 Å². The number of rotatable bonds is 5. The lowest BCUT2D eigenvalue weighted by Crippen LogP contribution is -2.31. The molecule has 16 heavy (non-hydrogen) atoms. The van der Waals surface area contributed by atoms with Crippen molar-refractivity contribution in [1.82, 2.24) is 5.32 Å². The van der Waals surface area contributed by atoms with Crippen LogP contribution >= 0.6 is 11.6 Å². The molecule has 2 heteroatoms. The molecule has 1 nitrogen and oxygen atoms in total. The molecule has 2 rings (SSSR count). The van der Waals surface area contributed by atoms with Crippen LogP contribution < -0.4 is 5.32 Å². The van der Waals surface area contributed by atoms with Crippen molar-refractivity contribution in [2.24, 2.45) is 5.92 Å². The van der Waals surface area contributed by atoms with E-state index in [1.165, 1.54) is 31.2 Å². The van der Waals surface area contributed by atoms with Gasteiger partial charge in [-0.15, -0.1) is 0 Å². The van der Waals surface area contributed by atoms with Gasteiger partial charge < -0.3 is 5.32 Å². The fraction of sp³-hybridized carbons (Fsp3) is 0.571. The van der Waals surface area contributed by atoms with Crippen molar-refractivity contribution in [2.45, 2.75) is 38.1 Å². The predicted octanol–water partition coefficient (Wildman–Crippen LogP) is 3.66. The lowest BCUT2D eigenvalue weighted by atomic mass is 9.80. The zero-order valence-electron chi connectivity index (χ0n) is 9.88. The molecule has 1 saturated carbocycles. The third-order valence-electron chi connectivity index (χ3n) is 3.65. The largest absolute Gasteiger partial charge is 0.317 e. The van der Waals surface area contributed by atoms with Gasteiger partial charge in [-0.25, -0.2) is 0 Å². The molecule has 0 aliphatic heterocycles. The fourth-order valence-electron chi connectivity index (χ4n) is 2.34. The maximum Gasteiger partial charge on any atom is 0.0406 e. The molecular weight excluding hydrogens is 218 g/mol. The van der Waals surface area contributed by atoms with Crippen LogP contribution in [0.3, 0.4) is 0 Å². The van der Waals surface area contributed by atoms with E-state index < -0.39 is 0 Å². The predicted molar refractivity (Wildman–Crippen MR) is 70.0 cm³/mol. The van der Waals surface area contributed by atoms with E-state index in [1.807, 2.05) is 12.1 Å². The zero-order chi connectivity index (χ0) is 11.4. The van der Waals surface area contributed by atoms with E-state index in [-0.39, 0.29) is 0 Å². The Bertz CT molecular complexity index is 316. The summed E-state index contributed by atoms with van der Waals surface area (Å²) in [6.07, 6.45) is 6.73. The van der Waals surface area contributed by atoms with Crippen LogP contribution in [-0.2, 0) is 6.42 Å². The third kappa shape index (κ3) is 3.23. The van der Waals surface area contributed by atoms with Gasteiger partial charge in [-0.05, 0) is 43.5 Å². The van der Waals surface area contributed by atoms with Gasteiger partial charge in [0.05, 0.1) is 0 Å². The van der Waals surface area contributed by atoms with Crippen LogP contribution in [0, 0.1) is 5.92 Å². The van der Waals surface area contributed by atoms with Gasteiger partial charge in [-0.1, -0.05) is 43.0 Å². The van der Waals surface area contributed by atoms with E-state index in [9.17, 15) is 0 Å². The summed E-state index contributed by atoms with van der Waals surface area (Å²) >= 11 is 5.88. The number of hydrogen-bond donors (Lipinski definition) is 1. The third-order valence-corrected chi connectivity index (χ3v) is 3.90. The summed E-state index contributed by atoms with van der Waals surface area (Å²) in [7, 11) is 2.07. The molecule has 0 amide bonds. The van der Waals surface area contributed by atoms with Crippen molar-refractivity contribution in [3.05, 3.63) is 34.9 Å². The molecule has 1 N–H and O–H groups in total. The highest BCUT2D eigenvalue weighted by molar-refractivity contribution is 6.30. The fourth-order valence-corrected chi connectivity index (χ4v) is 2.47. The molecule has 0 bridgehead atoms. The van der Waals surface area contributed by atoms with Gasteiger partial charge in [0.1, 0.15) is 0 Å². The first-order valence-electron chi connectivity index (χ1n) is 6.19. The molecule has 1 aliphatic carbocycles. The van der Waals surface area contributed by atoms with E-state index in [1.54, 1.807) is 0 Å². The van der Waals surface area contributed by atoms with Crippen molar-refractivity contribution < 1.29 is 0 Å². The van der Waals surface area contributed by atoms with Crippen molar-refractivity contribution in [3.8, 4) is 0 Å². The molecule has 0 aromatic heterocycles. The molecule has 1 aromatic rings. The second-order valence-corrected chi connectivity index (χ2v) is 5.29. The van der Waals surface area contributed by atoms with Crippen LogP contribution in [0.4, 0.5) is 0 Å². The molecule has 0 radical (unpaired) electrons. The second-order valence-electron chi connectivity index (χ2n) is 4.85. The minimum atomic E-state index is 0.617. The normalized spacial score (nSPS) is 18.1. The standard InChI is InChI=1S/C14H20ClN/c1-16-14(9-11-3-2-4-11)10-12-5-7-13(15)8-6-12/h5-8,11,14,16H,2-4,9-10H2,1H3. The molecule has 1 aromatic carbocycles. The minimum absolute atomic E-state index is 0.617. The number of likely N-dealkylation sites (N-methyl/N-ethyl adjacent to an activating group) is 1. The SMILES string of the molecule is CNC(Cc1ccc(Cl)cc1)CC1CCC1. The molecule has 1 aliphatic rings. The number of benzene rings is 1. The summed E-state index contributed by atoms with van der Waals surface area (Å²) in [6.45, 7) is 0. The van der Waals surface area contributed by atoms with Crippen LogP contribution in [0.5, 0.6) is 0 Å². The van der Waals surface area contributed by atoms with E-state index in [0.29, 0.717) is 6.04 Å². The maximum atomic E-state index is 5.88. The molecule has 0 spiro atoms. The smallest absolute Gasteiger partial charge is 0.0406 e. The lowest BCUT2D eigenvalue weighted by molar-refractivity contribution is 0.263. The zero-order valence-corrected chi connectivity index (χ0v) is 10.6. The van der Waals surface area contributed by atoms with Gasteiger partial charge in [0.2, 0.25) is 0 Å². The van der Waals surface area contributed by atoms with E-state index in [2.05, 4.69) is 24.5 Å². The van der Waals surface area contributed by atoms with Crippen molar-refractivity contribution in [2.75, 3.05) is 7.05 Å². The molecular formula is C14H20ClN. The second kappa shape index (κ2) is 5.70. The van der Waals surface area contributed by atoms with Gasteiger partial charge in [-0.3, -0.25) is 0 Å². The Morgan fingerprint density at radius 2 is 2.00 bits per heavy atom. The average molecular weight is 238 g/mol. The summed E-state index contributed by atoms with van der Waals surface area (Å²) in [5, 5.41) is 4.25. The van der Waals surface area contributed by atoms with Crippen LogP contribution in [0.15, 0.2) is 24.3 Å². The van der Waals surface area contributed by atoms with E-state index in [0.717, 1.165) is 17.4 Å². The highest BCUT2D eigenvalue weighted by Crippen LogP contribution is 2.31. The van der Waals surface area contributed by atoms with Crippen LogP contribution in [-0.4, -0.2) is 13.1 Å². The van der Waals surface area contributed by atoms with Gasteiger partial charge in [0, 0.05) is 11.1 Å². The molecule has 88 valence electrons. The summed E-state index contributed by atoms with van der Waals surface area (Å²) in [5.41, 5.74) is 1.38. The monoisotopic (exact) mass is 237 g/mol. The summed E-state index contributed by atoms with van der Waals surface area (Å²) in [4.78, 5) is 0. The van der Waals surface area contributed by atoms with Crippen molar-refractivity contribution in [1.29, 1.82) is 0 Å². The molecule has 0 saturated heterocycles. The van der Waals surface area contributed by atoms with Gasteiger partial charge in [0.15, 0.2) is 0 Å². The minimum Gasteiger partial charge on any atom is -0.317 e. The Morgan fingerprint density at radius 1 is 1.31 bits per heavy atom. The molecule has 1 unspecified atom stereocenters. The first-order valence-corrected chi connectivity index (χ1v) is 6.57. The Kier molecular flexibility index (Phi) is 4.25. The number of halogens is 1. The Morgan fingerprint density at radius 3 is 2.50 bits per heavy atom.